The Morgan fingerprint density at radius 1 is 1.15 bits per heavy atom. The maximum Gasteiger partial charge on any atom is 0.410 e. The van der Waals surface area contributed by atoms with Crippen LogP contribution in [0.4, 0.5) is 4.79 Å². The molecule has 3 heterocycles. The van der Waals surface area contributed by atoms with Crippen LogP contribution in [-0.4, -0.2) is 62.5 Å². The molecule has 1 fully saturated rings. The largest absolute Gasteiger partial charge is 0.444 e. The molecule has 1 aliphatic heterocycles. The highest BCUT2D eigenvalue weighted by Gasteiger charge is 2.32. The lowest BCUT2D eigenvalue weighted by molar-refractivity contribution is -0.122. The summed E-state index contributed by atoms with van der Waals surface area (Å²) in [5.74, 6) is 0.275. The Labute approximate surface area is 203 Å². The zero-order chi connectivity index (χ0) is 25.5. The van der Waals surface area contributed by atoms with E-state index in [1.54, 1.807) is 16.1 Å². The minimum absolute atomic E-state index is 0.275. The second kappa shape index (κ2) is 11.9. The molecule has 186 valence electrons. The SMILES string of the molecule is CC.CCc1cc(C2CN(C(=O)OC(C)(C)C)CCN2C=O)cc(-c2cc(C(C)C)ncn2)n1. The van der Waals surface area contributed by atoms with Gasteiger partial charge in [-0.3, -0.25) is 9.78 Å². The molecule has 2 aromatic rings. The first-order valence-electron chi connectivity index (χ1n) is 12.1. The predicted octanol–water partition coefficient (Wildman–Crippen LogP) is 5.00. The summed E-state index contributed by atoms with van der Waals surface area (Å²) in [7, 11) is 0. The molecule has 0 radical (unpaired) electrons. The van der Waals surface area contributed by atoms with Gasteiger partial charge in [-0.15, -0.1) is 0 Å². The summed E-state index contributed by atoms with van der Waals surface area (Å²) in [5, 5.41) is 0. The van der Waals surface area contributed by atoms with Gasteiger partial charge in [0.05, 0.1) is 17.4 Å². The average molecular weight is 470 g/mol. The summed E-state index contributed by atoms with van der Waals surface area (Å²) in [5.41, 5.74) is 3.69. The molecule has 0 bridgehead atoms. The number of ether oxygens (including phenoxy) is 1. The number of carbonyl (C=O) groups excluding carboxylic acids is 2. The first kappa shape index (κ1) is 27.2. The Morgan fingerprint density at radius 2 is 1.85 bits per heavy atom. The van der Waals surface area contributed by atoms with Gasteiger partial charge in [0.25, 0.3) is 0 Å². The van der Waals surface area contributed by atoms with Crippen LogP contribution in [0.25, 0.3) is 11.4 Å². The third kappa shape index (κ3) is 6.98. The van der Waals surface area contributed by atoms with E-state index in [4.69, 9.17) is 9.72 Å². The van der Waals surface area contributed by atoms with Crippen molar-refractivity contribution in [3.63, 3.8) is 0 Å². The van der Waals surface area contributed by atoms with Crippen LogP contribution in [0, 0.1) is 0 Å². The van der Waals surface area contributed by atoms with Crippen LogP contribution >= 0.6 is 0 Å². The Hall–Kier alpha value is -3.03. The van der Waals surface area contributed by atoms with Gasteiger partial charge in [0.1, 0.15) is 11.9 Å². The first-order chi connectivity index (χ1) is 16.1. The fourth-order valence-electron chi connectivity index (χ4n) is 3.66. The fraction of sp³-hybridized carbons (Fsp3) is 0.577. The number of nitrogens with zero attached hydrogens (tertiary/aromatic N) is 5. The molecule has 2 amide bonds. The molecule has 1 atom stereocenters. The van der Waals surface area contributed by atoms with Gasteiger partial charge in [-0.05, 0) is 56.9 Å². The monoisotopic (exact) mass is 469 g/mol. The van der Waals surface area contributed by atoms with Crippen molar-refractivity contribution in [2.75, 3.05) is 19.6 Å². The zero-order valence-electron chi connectivity index (χ0n) is 21.8. The number of pyridine rings is 1. The van der Waals surface area contributed by atoms with Crippen LogP contribution in [-0.2, 0) is 16.0 Å². The number of hydrogen-bond donors (Lipinski definition) is 0. The molecular formula is C26H39N5O3. The molecule has 34 heavy (non-hydrogen) atoms. The predicted molar refractivity (Wildman–Crippen MR) is 133 cm³/mol. The number of rotatable bonds is 5. The minimum atomic E-state index is -0.575. The van der Waals surface area contributed by atoms with E-state index in [1.165, 1.54) is 0 Å². The van der Waals surface area contributed by atoms with Crippen molar-refractivity contribution in [3.05, 3.63) is 41.5 Å². The van der Waals surface area contributed by atoms with Gasteiger partial charge in [-0.2, -0.15) is 0 Å². The van der Waals surface area contributed by atoms with Crippen molar-refractivity contribution >= 4 is 12.5 Å². The normalized spacial score (nSPS) is 16.1. The van der Waals surface area contributed by atoms with E-state index in [-0.39, 0.29) is 18.1 Å². The highest BCUT2D eigenvalue weighted by Crippen LogP contribution is 2.29. The van der Waals surface area contributed by atoms with Crippen molar-refractivity contribution in [2.45, 2.75) is 79.4 Å². The number of piperazine rings is 1. The summed E-state index contributed by atoms with van der Waals surface area (Å²) in [4.78, 5) is 41.5. The van der Waals surface area contributed by atoms with E-state index in [0.717, 1.165) is 41.2 Å². The molecule has 0 N–H and O–H groups in total. The lowest BCUT2D eigenvalue weighted by Gasteiger charge is -2.40. The molecule has 0 saturated carbocycles. The van der Waals surface area contributed by atoms with E-state index in [1.807, 2.05) is 59.7 Å². The number of amides is 2. The van der Waals surface area contributed by atoms with Crippen LogP contribution in [0.5, 0.6) is 0 Å². The van der Waals surface area contributed by atoms with E-state index in [9.17, 15) is 9.59 Å². The molecule has 1 aliphatic rings. The molecule has 8 heteroatoms. The standard InChI is InChI=1S/C24H33N5O3.C2H6/c1-7-18-10-17(11-21(27-18)20-12-19(16(2)3)25-14-26-20)22-13-28(8-9-29(22)15-30)23(31)32-24(4,5)6;1-2/h10-12,14-16,22H,7-9,13H2,1-6H3;1-2H3. The molecule has 0 aliphatic carbocycles. The number of hydrogen-bond acceptors (Lipinski definition) is 6. The van der Waals surface area contributed by atoms with Gasteiger partial charge >= 0.3 is 6.09 Å². The van der Waals surface area contributed by atoms with E-state index in [0.29, 0.717) is 19.6 Å². The molecule has 0 aromatic carbocycles. The van der Waals surface area contributed by atoms with Gasteiger partial charge < -0.3 is 14.5 Å². The Kier molecular flexibility index (Phi) is 9.53. The van der Waals surface area contributed by atoms with Crippen LogP contribution in [0.15, 0.2) is 24.5 Å². The summed E-state index contributed by atoms with van der Waals surface area (Å²) in [6, 6.07) is 5.65. The van der Waals surface area contributed by atoms with Crippen LogP contribution in [0.2, 0.25) is 0 Å². The van der Waals surface area contributed by atoms with Crippen LogP contribution in [0.1, 0.15) is 84.3 Å². The maximum atomic E-state index is 12.7. The lowest BCUT2D eigenvalue weighted by Crippen LogP contribution is -2.51. The van der Waals surface area contributed by atoms with Crippen LogP contribution < -0.4 is 0 Å². The molecule has 2 aromatic heterocycles. The van der Waals surface area contributed by atoms with Crippen molar-refractivity contribution in [2.24, 2.45) is 0 Å². The molecule has 0 spiro atoms. The number of aryl methyl sites for hydroxylation is 1. The quantitative estimate of drug-likeness (QED) is 0.573. The maximum absolute atomic E-state index is 12.7. The van der Waals surface area contributed by atoms with Crippen molar-refractivity contribution in [1.29, 1.82) is 0 Å². The third-order valence-corrected chi connectivity index (χ3v) is 5.40. The third-order valence-electron chi connectivity index (χ3n) is 5.40. The Balaban J connectivity index is 0.00000199. The summed E-state index contributed by atoms with van der Waals surface area (Å²) < 4.78 is 5.55. The first-order valence-corrected chi connectivity index (χ1v) is 12.1. The van der Waals surface area contributed by atoms with E-state index >= 15 is 0 Å². The summed E-state index contributed by atoms with van der Waals surface area (Å²) in [6.45, 7) is 17.0. The Bertz CT molecular complexity index is 971. The topological polar surface area (TPSA) is 88.5 Å². The highest BCUT2D eigenvalue weighted by atomic mass is 16.6. The molecule has 1 unspecified atom stereocenters. The summed E-state index contributed by atoms with van der Waals surface area (Å²) >= 11 is 0. The number of carbonyl (C=O) groups is 2. The number of aromatic nitrogens is 3. The average Bonchev–Trinajstić information content (AvgIpc) is 2.83. The zero-order valence-corrected chi connectivity index (χ0v) is 21.8. The van der Waals surface area contributed by atoms with Crippen molar-refractivity contribution < 1.29 is 14.3 Å². The lowest BCUT2D eigenvalue weighted by atomic mass is 10.00. The van der Waals surface area contributed by atoms with Gasteiger partial charge in [0, 0.05) is 31.0 Å². The van der Waals surface area contributed by atoms with Gasteiger partial charge in [0.2, 0.25) is 6.41 Å². The Morgan fingerprint density at radius 3 is 2.44 bits per heavy atom. The highest BCUT2D eigenvalue weighted by molar-refractivity contribution is 5.69. The van der Waals surface area contributed by atoms with Gasteiger partial charge in [-0.25, -0.2) is 14.8 Å². The van der Waals surface area contributed by atoms with Crippen molar-refractivity contribution in [1.82, 2.24) is 24.8 Å². The van der Waals surface area contributed by atoms with E-state index < -0.39 is 5.60 Å². The molecular weight excluding hydrogens is 430 g/mol. The molecule has 3 rings (SSSR count). The van der Waals surface area contributed by atoms with Crippen LogP contribution in [0.3, 0.4) is 0 Å². The second-order valence-electron chi connectivity index (χ2n) is 9.40. The van der Waals surface area contributed by atoms with Crippen molar-refractivity contribution in [3.8, 4) is 11.4 Å². The van der Waals surface area contributed by atoms with E-state index in [2.05, 4.69) is 23.8 Å². The smallest absolute Gasteiger partial charge is 0.410 e. The fourth-order valence-corrected chi connectivity index (χ4v) is 3.66. The molecule has 1 saturated heterocycles. The molecule has 8 nitrogen and oxygen atoms in total. The minimum Gasteiger partial charge on any atom is -0.444 e. The van der Waals surface area contributed by atoms with Gasteiger partial charge in [0.15, 0.2) is 0 Å². The van der Waals surface area contributed by atoms with Gasteiger partial charge in [-0.1, -0.05) is 34.6 Å². The summed E-state index contributed by atoms with van der Waals surface area (Å²) in [6.07, 6.45) is 2.79. The second-order valence-corrected chi connectivity index (χ2v) is 9.40.